The molecule has 1 aromatic rings. The van der Waals surface area contributed by atoms with E-state index < -0.39 is 26.7 Å². The quantitative estimate of drug-likeness (QED) is 0.817. The molecule has 1 N–H and O–H groups in total. The highest BCUT2D eigenvalue weighted by Gasteiger charge is 2.26. The van der Waals surface area contributed by atoms with Crippen molar-refractivity contribution in [1.82, 2.24) is 4.72 Å². The van der Waals surface area contributed by atoms with Gasteiger partial charge in [0.2, 0.25) is 10.0 Å². The van der Waals surface area contributed by atoms with Crippen molar-refractivity contribution in [3.8, 4) is 0 Å². The Morgan fingerprint density at radius 1 is 1.38 bits per heavy atom. The number of halogens is 1. The SMILES string of the molecule is CCC(C)C(C)NS(=O)(=O)c1cc(F)ccc1C(=O)OC. The fourth-order valence-electron chi connectivity index (χ4n) is 1.78. The molecule has 0 aliphatic carbocycles. The van der Waals surface area contributed by atoms with Crippen molar-refractivity contribution in [3.63, 3.8) is 0 Å². The maximum Gasteiger partial charge on any atom is 0.339 e. The summed E-state index contributed by atoms with van der Waals surface area (Å²) in [5, 5.41) is 0. The first-order valence-corrected chi connectivity index (χ1v) is 8.11. The third kappa shape index (κ3) is 4.25. The minimum atomic E-state index is -4.01. The van der Waals surface area contributed by atoms with Crippen LogP contribution in [0.15, 0.2) is 23.1 Å². The fourth-order valence-corrected chi connectivity index (χ4v) is 3.33. The molecule has 0 bridgehead atoms. The molecule has 0 heterocycles. The van der Waals surface area contributed by atoms with Crippen LogP contribution < -0.4 is 4.72 Å². The van der Waals surface area contributed by atoms with Crippen LogP contribution >= 0.6 is 0 Å². The van der Waals surface area contributed by atoms with E-state index in [0.29, 0.717) is 0 Å². The highest BCUT2D eigenvalue weighted by molar-refractivity contribution is 7.89. The van der Waals surface area contributed by atoms with Gasteiger partial charge in [-0.3, -0.25) is 0 Å². The van der Waals surface area contributed by atoms with Crippen molar-refractivity contribution in [1.29, 1.82) is 0 Å². The zero-order valence-electron chi connectivity index (χ0n) is 12.5. The molecular formula is C14H20FNO4S. The average Bonchev–Trinajstić information content (AvgIpc) is 2.44. The molecule has 1 rings (SSSR count). The van der Waals surface area contributed by atoms with Crippen molar-refractivity contribution < 1.29 is 22.3 Å². The lowest BCUT2D eigenvalue weighted by Gasteiger charge is -2.20. The number of carbonyl (C=O) groups is 1. The first kappa shape index (κ1) is 17.6. The van der Waals surface area contributed by atoms with Crippen molar-refractivity contribution in [2.75, 3.05) is 7.11 Å². The molecule has 1 aromatic carbocycles. The monoisotopic (exact) mass is 317 g/mol. The van der Waals surface area contributed by atoms with Crippen molar-refractivity contribution >= 4 is 16.0 Å². The van der Waals surface area contributed by atoms with Gasteiger partial charge in [0.25, 0.3) is 0 Å². The molecule has 0 fully saturated rings. The molecule has 7 heteroatoms. The van der Waals surface area contributed by atoms with Gasteiger partial charge in [0.05, 0.1) is 17.6 Å². The summed E-state index contributed by atoms with van der Waals surface area (Å²) in [7, 11) is -2.88. The van der Waals surface area contributed by atoms with Gasteiger partial charge in [-0.1, -0.05) is 20.3 Å². The molecule has 0 saturated carbocycles. The summed E-state index contributed by atoms with van der Waals surface area (Å²) in [5.74, 6) is -1.46. The molecule has 0 radical (unpaired) electrons. The fraction of sp³-hybridized carbons (Fsp3) is 0.500. The average molecular weight is 317 g/mol. The Hall–Kier alpha value is -1.47. The van der Waals surface area contributed by atoms with Crippen molar-refractivity contribution in [2.24, 2.45) is 5.92 Å². The van der Waals surface area contributed by atoms with E-state index in [4.69, 9.17) is 0 Å². The largest absolute Gasteiger partial charge is 0.465 e. The number of hydrogen-bond donors (Lipinski definition) is 1. The maximum absolute atomic E-state index is 13.4. The van der Waals surface area contributed by atoms with Crippen LogP contribution in [0.25, 0.3) is 0 Å². The van der Waals surface area contributed by atoms with E-state index in [2.05, 4.69) is 9.46 Å². The van der Waals surface area contributed by atoms with Gasteiger partial charge in [0, 0.05) is 6.04 Å². The van der Waals surface area contributed by atoms with Crippen LogP contribution in [0.2, 0.25) is 0 Å². The number of rotatable bonds is 6. The third-order valence-electron chi connectivity index (χ3n) is 3.48. The van der Waals surface area contributed by atoms with Crippen LogP contribution in [-0.2, 0) is 14.8 Å². The van der Waals surface area contributed by atoms with E-state index in [0.717, 1.165) is 31.7 Å². The Labute approximate surface area is 124 Å². The first-order valence-electron chi connectivity index (χ1n) is 6.63. The number of ether oxygens (including phenoxy) is 1. The normalized spacial score (nSPS) is 14.5. The molecule has 0 aromatic heterocycles. The standard InChI is InChI=1S/C14H20FNO4S/c1-5-9(2)10(3)16-21(18,19)13-8-11(15)6-7-12(13)14(17)20-4/h6-10,16H,5H2,1-4H3. The molecule has 0 spiro atoms. The molecule has 118 valence electrons. The number of sulfonamides is 1. The molecule has 0 aliphatic rings. The Balaban J connectivity index is 3.24. The van der Waals surface area contributed by atoms with E-state index in [1.54, 1.807) is 6.92 Å². The lowest BCUT2D eigenvalue weighted by molar-refractivity contribution is 0.0596. The minimum Gasteiger partial charge on any atom is -0.465 e. The van der Waals surface area contributed by atoms with Crippen LogP contribution in [0.5, 0.6) is 0 Å². The predicted molar refractivity (Wildman–Crippen MR) is 77.0 cm³/mol. The molecule has 21 heavy (non-hydrogen) atoms. The second-order valence-electron chi connectivity index (χ2n) is 4.93. The first-order chi connectivity index (χ1) is 9.72. The molecule has 0 aliphatic heterocycles. The second-order valence-corrected chi connectivity index (χ2v) is 6.61. The number of hydrogen-bond acceptors (Lipinski definition) is 4. The lowest BCUT2D eigenvalue weighted by Crippen LogP contribution is -2.37. The van der Waals surface area contributed by atoms with Gasteiger partial charge >= 0.3 is 5.97 Å². The smallest absolute Gasteiger partial charge is 0.339 e. The Morgan fingerprint density at radius 2 is 2.00 bits per heavy atom. The van der Waals surface area contributed by atoms with Gasteiger partial charge in [0.1, 0.15) is 5.82 Å². The summed E-state index contributed by atoms with van der Waals surface area (Å²) in [4.78, 5) is 11.2. The number of benzene rings is 1. The van der Waals surface area contributed by atoms with E-state index >= 15 is 0 Å². The third-order valence-corrected chi connectivity index (χ3v) is 5.08. The van der Waals surface area contributed by atoms with Gasteiger partial charge < -0.3 is 4.74 Å². The zero-order chi connectivity index (χ0) is 16.2. The second kappa shape index (κ2) is 7.00. The number of nitrogens with one attached hydrogen (secondary N) is 1. The number of methoxy groups -OCH3 is 1. The van der Waals surface area contributed by atoms with E-state index in [-0.39, 0.29) is 17.5 Å². The summed E-state index contributed by atoms with van der Waals surface area (Å²) >= 11 is 0. The molecule has 0 saturated heterocycles. The van der Waals surface area contributed by atoms with Crippen molar-refractivity contribution in [3.05, 3.63) is 29.6 Å². The van der Waals surface area contributed by atoms with Crippen molar-refractivity contribution in [2.45, 2.75) is 38.1 Å². The predicted octanol–water partition coefficient (Wildman–Crippen LogP) is 2.33. The van der Waals surface area contributed by atoms with Crippen LogP contribution in [0.1, 0.15) is 37.6 Å². The zero-order valence-corrected chi connectivity index (χ0v) is 13.3. The van der Waals surface area contributed by atoms with Gasteiger partial charge in [-0.15, -0.1) is 0 Å². The van der Waals surface area contributed by atoms with E-state index in [1.165, 1.54) is 0 Å². The lowest BCUT2D eigenvalue weighted by atomic mass is 10.0. The highest BCUT2D eigenvalue weighted by atomic mass is 32.2. The summed E-state index contributed by atoms with van der Waals surface area (Å²) in [5.41, 5.74) is -0.192. The molecule has 0 amide bonds. The molecule has 2 unspecified atom stereocenters. The number of esters is 1. The summed E-state index contributed by atoms with van der Waals surface area (Å²) in [6.07, 6.45) is 0.788. The van der Waals surface area contributed by atoms with Gasteiger partial charge in [0.15, 0.2) is 0 Å². The topological polar surface area (TPSA) is 72.5 Å². The Morgan fingerprint density at radius 3 is 2.52 bits per heavy atom. The van der Waals surface area contributed by atoms with Crippen LogP contribution in [-0.4, -0.2) is 27.5 Å². The minimum absolute atomic E-state index is 0.106. The number of carbonyl (C=O) groups excluding carboxylic acids is 1. The van der Waals surface area contributed by atoms with Crippen LogP contribution in [0.3, 0.4) is 0 Å². The van der Waals surface area contributed by atoms with Crippen LogP contribution in [0.4, 0.5) is 4.39 Å². The Bertz CT molecular complexity index is 615. The summed E-state index contributed by atoms with van der Waals surface area (Å²) in [6.45, 7) is 5.57. The maximum atomic E-state index is 13.4. The highest BCUT2D eigenvalue weighted by Crippen LogP contribution is 2.20. The van der Waals surface area contributed by atoms with Gasteiger partial charge in [-0.25, -0.2) is 22.3 Å². The van der Waals surface area contributed by atoms with Crippen LogP contribution in [0, 0.1) is 11.7 Å². The summed E-state index contributed by atoms with van der Waals surface area (Å²) in [6, 6.07) is 2.60. The molecule has 5 nitrogen and oxygen atoms in total. The van der Waals surface area contributed by atoms with E-state index in [9.17, 15) is 17.6 Å². The summed E-state index contributed by atoms with van der Waals surface area (Å²) < 4.78 is 45.1. The van der Waals surface area contributed by atoms with Gasteiger partial charge in [-0.2, -0.15) is 0 Å². The van der Waals surface area contributed by atoms with E-state index in [1.807, 2.05) is 13.8 Å². The molecule has 2 atom stereocenters. The van der Waals surface area contributed by atoms with Gasteiger partial charge in [-0.05, 0) is 31.0 Å². The Kier molecular flexibility index (Phi) is 5.86. The molecular weight excluding hydrogens is 297 g/mol.